The number of benzene rings is 1. The molecule has 1 heterocycles. The van der Waals surface area contributed by atoms with Crippen molar-refractivity contribution in [1.29, 1.82) is 0 Å². The van der Waals surface area contributed by atoms with E-state index in [2.05, 4.69) is 50.4 Å². The first-order valence-electron chi connectivity index (χ1n) is 8.77. The second-order valence-corrected chi connectivity index (χ2v) is 6.74. The number of hydrogen-bond donors (Lipinski definition) is 1. The zero-order valence-corrected chi connectivity index (χ0v) is 16.6. The van der Waals surface area contributed by atoms with Gasteiger partial charge in [0.25, 0.3) is 0 Å². The number of nitrogens with one attached hydrogen (secondary N) is 1. The smallest absolute Gasteiger partial charge is 0.169 e. The number of thiocarbonyl (C=S) groups is 1. The summed E-state index contributed by atoms with van der Waals surface area (Å²) in [6, 6.07) is 12.6. The highest BCUT2D eigenvalue weighted by Crippen LogP contribution is 2.15. The van der Waals surface area contributed by atoms with Gasteiger partial charge in [-0.3, -0.25) is 4.98 Å². The maximum Gasteiger partial charge on any atom is 0.169 e. The van der Waals surface area contributed by atoms with Crippen LogP contribution >= 0.6 is 12.2 Å². The molecule has 2 aromatic rings. The quantitative estimate of drug-likeness (QED) is 0.539. The summed E-state index contributed by atoms with van der Waals surface area (Å²) in [7, 11) is 5.80. The number of methoxy groups -OCH3 is 1. The summed E-state index contributed by atoms with van der Waals surface area (Å²) in [6.45, 7) is 3.00. The van der Waals surface area contributed by atoms with Crippen molar-refractivity contribution in [2.75, 3.05) is 39.3 Å². The third-order valence-corrected chi connectivity index (χ3v) is 4.41. The molecule has 26 heavy (non-hydrogen) atoms. The Labute approximate surface area is 162 Å². The Morgan fingerprint density at radius 3 is 2.46 bits per heavy atom. The molecule has 6 heteroatoms. The summed E-state index contributed by atoms with van der Waals surface area (Å²) < 4.78 is 5.10. The van der Waals surface area contributed by atoms with Gasteiger partial charge in [-0.15, -0.1) is 0 Å². The third-order valence-electron chi connectivity index (χ3n) is 4.01. The first-order chi connectivity index (χ1) is 12.6. The maximum absolute atomic E-state index is 5.64. The number of hydrogen-bond acceptors (Lipinski definition) is 4. The largest absolute Gasteiger partial charge is 0.385 e. The van der Waals surface area contributed by atoms with Crippen LogP contribution in [0.2, 0.25) is 0 Å². The summed E-state index contributed by atoms with van der Waals surface area (Å²) in [6.07, 6.45) is 4.60. The lowest BCUT2D eigenvalue weighted by molar-refractivity contribution is 0.195. The molecule has 0 atom stereocenters. The van der Waals surface area contributed by atoms with Crippen LogP contribution in [0.4, 0.5) is 5.69 Å². The SMILES string of the molecule is COCCCNC(=S)N(Cc1ccc(N(C)C)cc1)Cc1cccnc1. The maximum atomic E-state index is 5.64. The van der Waals surface area contributed by atoms with E-state index in [1.807, 2.05) is 26.4 Å². The van der Waals surface area contributed by atoms with Gasteiger partial charge in [0.15, 0.2) is 5.11 Å². The van der Waals surface area contributed by atoms with E-state index >= 15 is 0 Å². The number of rotatable bonds is 9. The summed E-state index contributed by atoms with van der Waals surface area (Å²) >= 11 is 5.64. The summed E-state index contributed by atoms with van der Waals surface area (Å²) in [5.74, 6) is 0. The minimum absolute atomic E-state index is 0.722. The van der Waals surface area contributed by atoms with Crippen LogP contribution in [0.5, 0.6) is 0 Å². The van der Waals surface area contributed by atoms with Crippen LogP contribution in [-0.4, -0.2) is 49.4 Å². The standard InChI is InChI=1S/C20H28N4OS/c1-23(2)19-9-7-17(8-10-19)15-24(16-18-6-4-11-21-14-18)20(26)22-12-5-13-25-3/h4,6-11,14H,5,12-13,15-16H2,1-3H3,(H,22,26). The van der Waals surface area contributed by atoms with Gasteiger partial charge < -0.3 is 19.9 Å². The van der Waals surface area contributed by atoms with Gasteiger partial charge in [-0.25, -0.2) is 0 Å². The van der Waals surface area contributed by atoms with Crippen LogP contribution < -0.4 is 10.2 Å². The van der Waals surface area contributed by atoms with Gasteiger partial charge in [0.1, 0.15) is 0 Å². The van der Waals surface area contributed by atoms with Crippen LogP contribution in [0.15, 0.2) is 48.8 Å². The average Bonchev–Trinajstić information content (AvgIpc) is 2.66. The molecule has 1 N–H and O–H groups in total. The minimum atomic E-state index is 0.722. The minimum Gasteiger partial charge on any atom is -0.385 e. The highest BCUT2D eigenvalue weighted by Gasteiger charge is 2.11. The highest BCUT2D eigenvalue weighted by atomic mass is 32.1. The second kappa shape index (κ2) is 10.7. The van der Waals surface area contributed by atoms with Gasteiger partial charge in [0, 0.05) is 65.5 Å². The summed E-state index contributed by atoms with van der Waals surface area (Å²) in [4.78, 5) is 8.48. The Hall–Kier alpha value is -2.18. The van der Waals surface area contributed by atoms with E-state index in [1.54, 1.807) is 13.3 Å². The molecule has 0 aliphatic rings. The fraction of sp³-hybridized carbons (Fsp3) is 0.400. The predicted molar refractivity (Wildman–Crippen MR) is 111 cm³/mol. The molecule has 1 aromatic heterocycles. The first-order valence-corrected chi connectivity index (χ1v) is 9.18. The van der Waals surface area contributed by atoms with Crippen molar-refractivity contribution in [3.8, 4) is 0 Å². The summed E-state index contributed by atoms with van der Waals surface area (Å²) in [5, 5.41) is 4.09. The molecule has 0 saturated heterocycles. The molecular weight excluding hydrogens is 344 g/mol. The zero-order chi connectivity index (χ0) is 18.8. The topological polar surface area (TPSA) is 40.6 Å². The molecule has 2 rings (SSSR count). The summed E-state index contributed by atoms with van der Waals surface area (Å²) in [5.41, 5.74) is 3.55. The Morgan fingerprint density at radius 2 is 1.85 bits per heavy atom. The number of anilines is 1. The van der Waals surface area contributed by atoms with Gasteiger partial charge in [0.05, 0.1) is 0 Å². The van der Waals surface area contributed by atoms with Crippen molar-refractivity contribution < 1.29 is 4.74 Å². The first kappa shape index (κ1) is 20.1. The molecule has 0 amide bonds. The molecule has 0 fully saturated rings. The van der Waals surface area contributed by atoms with E-state index in [-0.39, 0.29) is 0 Å². The van der Waals surface area contributed by atoms with Crippen LogP contribution in [0.1, 0.15) is 17.5 Å². The van der Waals surface area contributed by atoms with E-state index in [0.717, 1.165) is 43.3 Å². The van der Waals surface area contributed by atoms with Crippen LogP contribution in [0.3, 0.4) is 0 Å². The molecule has 5 nitrogen and oxygen atoms in total. The van der Waals surface area contributed by atoms with E-state index in [0.29, 0.717) is 0 Å². The highest BCUT2D eigenvalue weighted by molar-refractivity contribution is 7.80. The van der Waals surface area contributed by atoms with Gasteiger partial charge in [-0.1, -0.05) is 18.2 Å². The van der Waals surface area contributed by atoms with Crippen molar-refractivity contribution in [3.05, 3.63) is 59.9 Å². The Balaban J connectivity index is 2.05. The van der Waals surface area contributed by atoms with Crippen molar-refractivity contribution in [2.45, 2.75) is 19.5 Å². The lowest BCUT2D eigenvalue weighted by atomic mass is 10.1. The number of nitrogens with zero attached hydrogens (tertiary/aromatic N) is 3. The Kier molecular flexibility index (Phi) is 8.31. The lowest BCUT2D eigenvalue weighted by Crippen LogP contribution is -2.39. The fourth-order valence-corrected chi connectivity index (χ4v) is 2.79. The zero-order valence-electron chi connectivity index (χ0n) is 15.8. The van der Waals surface area contributed by atoms with Crippen LogP contribution in [-0.2, 0) is 17.8 Å². The third kappa shape index (κ3) is 6.61. The Bertz CT molecular complexity index is 661. The number of pyridine rings is 1. The van der Waals surface area contributed by atoms with Crippen molar-refractivity contribution in [1.82, 2.24) is 15.2 Å². The number of ether oxygens (including phenoxy) is 1. The molecule has 0 spiro atoms. The molecule has 0 aliphatic carbocycles. The molecule has 0 unspecified atom stereocenters. The monoisotopic (exact) mass is 372 g/mol. The molecule has 140 valence electrons. The van der Waals surface area contributed by atoms with E-state index in [9.17, 15) is 0 Å². The Morgan fingerprint density at radius 1 is 1.12 bits per heavy atom. The van der Waals surface area contributed by atoms with Crippen molar-refractivity contribution in [2.24, 2.45) is 0 Å². The number of aromatic nitrogens is 1. The van der Waals surface area contributed by atoms with Gasteiger partial charge in [-0.05, 0) is 48.0 Å². The molecule has 1 aromatic carbocycles. The fourth-order valence-electron chi connectivity index (χ4n) is 2.56. The second-order valence-electron chi connectivity index (χ2n) is 6.36. The molecule has 0 aliphatic heterocycles. The van der Waals surface area contributed by atoms with E-state index in [1.165, 1.54) is 11.3 Å². The average molecular weight is 373 g/mol. The van der Waals surface area contributed by atoms with Gasteiger partial charge >= 0.3 is 0 Å². The lowest BCUT2D eigenvalue weighted by Gasteiger charge is -2.26. The van der Waals surface area contributed by atoms with Gasteiger partial charge in [0.2, 0.25) is 0 Å². The van der Waals surface area contributed by atoms with Gasteiger partial charge in [-0.2, -0.15) is 0 Å². The van der Waals surface area contributed by atoms with E-state index < -0.39 is 0 Å². The molecule has 0 saturated carbocycles. The predicted octanol–water partition coefficient (Wildman–Crippen LogP) is 3.06. The molecule has 0 radical (unpaired) electrons. The van der Waals surface area contributed by atoms with Crippen LogP contribution in [0.25, 0.3) is 0 Å². The molecular formula is C20H28N4OS. The van der Waals surface area contributed by atoms with Crippen molar-refractivity contribution in [3.63, 3.8) is 0 Å². The van der Waals surface area contributed by atoms with E-state index in [4.69, 9.17) is 17.0 Å². The van der Waals surface area contributed by atoms with Crippen molar-refractivity contribution >= 4 is 23.0 Å². The normalized spacial score (nSPS) is 10.4. The van der Waals surface area contributed by atoms with Crippen LogP contribution in [0, 0.1) is 0 Å². The molecule has 0 bridgehead atoms.